The zero-order valence-electron chi connectivity index (χ0n) is 12.2. The summed E-state index contributed by atoms with van der Waals surface area (Å²) in [5.74, 6) is -1.03. The molecule has 7 heteroatoms. The van der Waals surface area contributed by atoms with E-state index >= 15 is 0 Å². The molecular weight excluding hydrogens is 292 g/mol. The Morgan fingerprint density at radius 1 is 1.43 bits per heavy atom. The monoisotopic (exact) mass is 312 g/mol. The first-order valence-corrected chi connectivity index (χ1v) is 8.50. The lowest BCUT2D eigenvalue weighted by atomic mass is 10.1. The van der Waals surface area contributed by atoms with Gasteiger partial charge in [0.25, 0.3) is 0 Å². The molecule has 1 fully saturated rings. The largest absolute Gasteiger partial charge is 0.469 e. The van der Waals surface area contributed by atoms with Crippen molar-refractivity contribution in [3.8, 4) is 0 Å². The lowest BCUT2D eigenvalue weighted by Crippen LogP contribution is -2.40. The number of sulfonamides is 1. The molecular formula is C14H20N2O4S. The molecule has 0 spiro atoms. The molecule has 1 aromatic heterocycles. The number of methoxy groups -OCH3 is 1. The number of aromatic nitrogens is 1. The molecule has 0 saturated heterocycles. The van der Waals surface area contributed by atoms with Gasteiger partial charge in [-0.2, -0.15) is 0 Å². The average Bonchev–Trinajstić information content (AvgIpc) is 2.97. The SMILES string of the molecule is COC(=O)C1CCCC1S(=O)(=O)N[C@@H](C)c1ccccn1. The van der Waals surface area contributed by atoms with Gasteiger partial charge >= 0.3 is 5.97 Å². The first-order chi connectivity index (χ1) is 9.95. The molecule has 1 aliphatic carbocycles. The quantitative estimate of drug-likeness (QED) is 0.831. The molecule has 1 aromatic rings. The van der Waals surface area contributed by atoms with Crippen LogP contribution in [0.4, 0.5) is 0 Å². The molecule has 1 N–H and O–H groups in total. The lowest BCUT2D eigenvalue weighted by Gasteiger charge is -2.21. The van der Waals surface area contributed by atoms with Crippen molar-refractivity contribution in [1.82, 2.24) is 9.71 Å². The van der Waals surface area contributed by atoms with Crippen molar-refractivity contribution in [3.63, 3.8) is 0 Å². The van der Waals surface area contributed by atoms with Gasteiger partial charge in [0.15, 0.2) is 0 Å². The maximum atomic E-state index is 12.5. The van der Waals surface area contributed by atoms with Crippen molar-refractivity contribution in [3.05, 3.63) is 30.1 Å². The van der Waals surface area contributed by atoms with Crippen LogP contribution in [0.25, 0.3) is 0 Å². The number of carbonyl (C=O) groups is 1. The van der Waals surface area contributed by atoms with E-state index in [1.807, 2.05) is 0 Å². The summed E-state index contributed by atoms with van der Waals surface area (Å²) in [7, 11) is -2.32. The Kier molecular flexibility index (Phi) is 4.95. The van der Waals surface area contributed by atoms with Gasteiger partial charge < -0.3 is 4.74 Å². The van der Waals surface area contributed by atoms with E-state index in [4.69, 9.17) is 4.74 Å². The highest BCUT2D eigenvalue weighted by Gasteiger charge is 2.42. The van der Waals surface area contributed by atoms with Crippen LogP contribution >= 0.6 is 0 Å². The summed E-state index contributed by atoms with van der Waals surface area (Å²) < 4.78 is 32.3. The zero-order valence-corrected chi connectivity index (χ0v) is 13.0. The molecule has 2 unspecified atom stereocenters. The van der Waals surface area contributed by atoms with Gasteiger partial charge in [0.05, 0.1) is 30.0 Å². The van der Waals surface area contributed by atoms with Gasteiger partial charge in [-0.05, 0) is 31.9 Å². The number of carbonyl (C=O) groups excluding carboxylic acids is 1. The maximum absolute atomic E-state index is 12.5. The first-order valence-electron chi connectivity index (χ1n) is 6.95. The van der Waals surface area contributed by atoms with Crippen LogP contribution in [-0.2, 0) is 19.6 Å². The van der Waals surface area contributed by atoms with Crippen LogP contribution < -0.4 is 4.72 Å². The third-order valence-electron chi connectivity index (χ3n) is 3.83. The summed E-state index contributed by atoms with van der Waals surface area (Å²) in [5.41, 5.74) is 0.647. The van der Waals surface area contributed by atoms with E-state index in [1.165, 1.54) is 7.11 Å². The highest BCUT2D eigenvalue weighted by molar-refractivity contribution is 7.90. The summed E-state index contributed by atoms with van der Waals surface area (Å²) in [6.45, 7) is 1.74. The molecule has 0 aromatic carbocycles. The average molecular weight is 312 g/mol. The van der Waals surface area contributed by atoms with Crippen LogP contribution in [0.5, 0.6) is 0 Å². The van der Waals surface area contributed by atoms with Crippen molar-refractivity contribution in [2.24, 2.45) is 5.92 Å². The van der Waals surface area contributed by atoms with E-state index in [-0.39, 0.29) is 0 Å². The second kappa shape index (κ2) is 6.53. The normalized spacial score (nSPS) is 23.7. The van der Waals surface area contributed by atoms with Crippen LogP contribution in [0.2, 0.25) is 0 Å². The van der Waals surface area contributed by atoms with Crippen LogP contribution in [0.15, 0.2) is 24.4 Å². The Morgan fingerprint density at radius 2 is 2.19 bits per heavy atom. The van der Waals surface area contributed by atoms with Crippen LogP contribution in [0.1, 0.15) is 37.9 Å². The number of esters is 1. The van der Waals surface area contributed by atoms with Gasteiger partial charge in [0.2, 0.25) is 10.0 Å². The minimum Gasteiger partial charge on any atom is -0.469 e. The number of pyridine rings is 1. The third kappa shape index (κ3) is 3.59. The lowest BCUT2D eigenvalue weighted by molar-refractivity contribution is -0.145. The summed E-state index contributed by atoms with van der Waals surface area (Å²) >= 11 is 0. The molecule has 116 valence electrons. The molecule has 1 aliphatic rings. The topological polar surface area (TPSA) is 85.4 Å². The second-order valence-electron chi connectivity index (χ2n) is 5.24. The fraction of sp³-hybridized carbons (Fsp3) is 0.571. The van der Waals surface area contributed by atoms with E-state index in [9.17, 15) is 13.2 Å². The fourth-order valence-corrected chi connectivity index (χ4v) is 4.69. The number of hydrogen-bond donors (Lipinski definition) is 1. The van der Waals surface area contributed by atoms with Gasteiger partial charge in [0, 0.05) is 6.20 Å². The number of rotatable bonds is 5. The van der Waals surface area contributed by atoms with Gasteiger partial charge in [-0.1, -0.05) is 12.5 Å². The van der Waals surface area contributed by atoms with E-state index < -0.39 is 33.2 Å². The minimum absolute atomic E-state index is 0.435. The van der Waals surface area contributed by atoms with E-state index in [0.717, 1.165) is 0 Å². The summed E-state index contributed by atoms with van der Waals surface area (Å²) in [4.78, 5) is 15.8. The predicted molar refractivity (Wildman–Crippen MR) is 77.9 cm³/mol. The second-order valence-corrected chi connectivity index (χ2v) is 7.17. The van der Waals surface area contributed by atoms with Crippen LogP contribution in [-0.4, -0.2) is 31.7 Å². The van der Waals surface area contributed by atoms with Crippen molar-refractivity contribution < 1.29 is 17.9 Å². The number of ether oxygens (including phenoxy) is 1. The third-order valence-corrected chi connectivity index (χ3v) is 5.87. The standard InChI is InChI=1S/C14H20N2O4S/c1-10(12-7-3-4-9-15-12)16-21(18,19)13-8-5-6-11(13)14(17)20-2/h3-4,7,9-11,13,16H,5-6,8H2,1-2H3/t10-,11?,13?/m0/s1. The smallest absolute Gasteiger partial charge is 0.310 e. The van der Waals surface area contributed by atoms with Gasteiger partial charge in [-0.3, -0.25) is 9.78 Å². The van der Waals surface area contributed by atoms with Gasteiger partial charge in [0.1, 0.15) is 0 Å². The molecule has 0 bridgehead atoms. The van der Waals surface area contributed by atoms with Crippen molar-refractivity contribution in [2.45, 2.75) is 37.5 Å². The van der Waals surface area contributed by atoms with Gasteiger partial charge in [-0.25, -0.2) is 13.1 Å². The molecule has 6 nitrogen and oxygen atoms in total. The molecule has 21 heavy (non-hydrogen) atoms. The summed E-state index contributed by atoms with van der Waals surface area (Å²) in [6.07, 6.45) is 3.36. The van der Waals surface area contributed by atoms with Crippen molar-refractivity contribution >= 4 is 16.0 Å². The zero-order chi connectivity index (χ0) is 15.5. The van der Waals surface area contributed by atoms with Crippen molar-refractivity contribution in [2.75, 3.05) is 7.11 Å². The van der Waals surface area contributed by atoms with E-state index in [2.05, 4.69) is 9.71 Å². The summed E-state index contributed by atoms with van der Waals surface area (Å²) in [5, 5.41) is -0.726. The molecule has 2 rings (SSSR count). The number of nitrogens with one attached hydrogen (secondary N) is 1. The van der Waals surface area contributed by atoms with Gasteiger partial charge in [-0.15, -0.1) is 0 Å². The minimum atomic E-state index is -3.60. The molecule has 1 heterocycles. The summed E-state index contributed by atoms with van der Waals surface area (Å²) in [6, 6.07) is 4.91. The Morgan fingerprint density at radius 3 is 2.81 bits per heavy atom. The molecule has 0 amide bonds. The maximum Gasteiger partial charge on any atom is 0.310 e. The van der Waals surface area contributed by atoms with Crippen LogP contribution in [0.3, 0.4) is 0 Å². The predicted octanol–water partition coefficient (Wildman–Crippen LogP) is 1.40. The molecule has 1 saturated carbocycles. The fourth-order valence-electron chi connectivity index (χ4n) is 2.74. The highest BCUT2D eigenvalue weighted by atomic mass is 32.2. The Hall–Kier alpha value is -1.47. The van der Waals surface area contributed by atoms with E-state index in [1.54, 1.807) is 31.3 Å². The Balaban J connectivity index is 2.13. The van der Waals surface area contributed by atoms with E-state index in [0.29, 0.717) is 25.0 Å². The molecule has 0 radical (unpaired) electrons. The van der Waals surface area contributed by atoms with Crippen molar-refractivity contribution in [1.29, 1.82) is 0 Å². The highest BCUT2D eigenvalue weighted by Crippen LogP contribution is 2.32. The van der Waals surface area contributed by atoms with Crippen LogP contribution in [0, 0.1) is 5.92 Å². The number of nitrogens with zero attached hydrogens (tertiary/aromatic N) is 1. The Labute approximate surface area is 125 Å². The molecule has 0 aliphatic heterocycles. The Bertz CT molecular complexity index is 588. The number of hydrogen-bond acceptors (Lipinski definition) is 5. The molecule has 3 atom stereocenters. The first kappa shape index (κ1) is 15.9.